The molecule has 2 rings (SSSR count). The van der Waals surface area contributed by atoms with Gasteiger partial charge in [-0.05, 0) is 25.5 Å². The summed E-state index contributed by atoms with van der Waals surface area (Å²) in [5.41, 5.74) is 2.13. The van der Waals surface area contributed by atoms with Crippen molar-refractivity contribution in [1.82, 2.24) is 9.55 Å². The van der Waals surface area contributed by atoms with E-state index in [0.29, 0.717) is 6.54 Å². The largest absolute Gasteiger partial charge is 0.376 e. The van der Waals surface area contributed by atoms with E-state index in [4.69, 9.17) is 11.6 Å². The lowest BCUT2D eigenvalue weighted by Gasteiger charge is -2.11. The Labute approximate surface area is 106 Å². The topological polar surface area (TPSA) is 29.9 Å². The van der Waals surface area contributed by atoms with Crippen LogP contribution in [0.25, 0.3) is 0 Å². The molecule has 1 aromatic heterocycles. The summed E-state index contributed by atoms with van der Waals surface area (Å²) in [7, 11) is 0. The number of nitrogens with zero attached hydrogens (tertiary/aromatic N) is 2. The molecule has 0 aliphatic heterocycles. The molecule has 3 nitrogen and oxygen atoms in total. The first-order valence-corrected chi connectivity index (χ1v) is 6.09. The highest BCUT2D eigenvalue weighted by molar-refractivity contribution is 6.33. The van der Waals surface area contributed by atoms with E-state index in [-0.39, 0.29) is 0 Å². The number of hydrogen-bond donors (Lipinski definition) is 1. The number of aryl methyl sites for hydroxylation is 2. The minimum absolute atomic E-state index is 0.686. The molecule has 0 fully saturated rings. The smallest absolute Gasteiger partial charge is 0.128 e. The fraction of sp³-hybridized carbons (Fsp3) is 0.308. The average molecular weight is 250 g/mol. The Balaban J connectivity index is 2.13. The summed E-state index contributed by atoms with van der Waals surface area (Å²) < 4.78 is 2.11. The molecule has 0 saturated carbocycles. The molecule has 1 heterocycles. The molecular formula is C13H16ClN3. The van der Waals surface area contributed by atoms with E-state index in [9.17, 15) is 0 Å². The van der Waals surface area contributed by atoms with Crippen LogP contribution in [0.15, 0.2) is 30.6 Å². The van der Waals surface area contributed by atoms with Gasteiger partial charge in [-0.15, -0.1) is 0 Å². The fourth-order valence-electron chi connectivity index (χ4n) is 1.82. The molecule has 0 spiro atoms. The predicted octanol–water partition coefficient (Wildman–Crippen LogP) is 3.48. The molecule has 1 aromatic carbocycles. The minimum atomic E-state index is 0.686. The van der Waals surface area contributed by atoms with Crippen molar-refractivity contribution < 1.29 is 0 Å². The fourth-order valence-corrected chi connectivity index (χ4v) is 2.11. The number of nitrogens with one attached hydrogen (secondary N) is 1. The van der Waals surface area contributed by atoms with E-state index in [1.165, 1.54) is 0 Å². The maximum atomic E-state index is 6.15. The molecule has 0 amide bonds. The van der Waals surface area contributed by atoms with Gasteiger partial charge in [0.15, 0.2) is 0 Å². The van der Waals surface area contributed by atoms with Crippen molar-refractivity contribution in [3.05, 3.63) is 47.0 Å². The summed E-state index contributed by atoms with van der Waals surface area (Å²) in [6, 6.07) is 5.89. The lowest BCUT2D eigenvalue weighted by Crippen LogP contribution is -2.08. The summed E-state index contributed by atoms with van der Waals surface area (Å²) in [5, 5.41) is 4.09. The predicted molar refractivity (Wildman–Crippen MR) is 71.4 cm³/mol. The van der Waals surface area contributed by atoms with Crippen LogP contribution in [-0.2, 0) is 13.1 Å². The average Bonchev–Trinajstić information content (AvgIpc) is 2.76. The Bertz CT molecular complexity index is 485. The summed E-state index contributed by atoms with van der Waals surface area (Å²) in [5.74, 6) is 1.02. The summed E-state index contributed by atoms with van der Waals surface area (Å²) in [6.45, 7) is 5.76. The summed E-state index contributed by atoms with van der Waals surface area (Å²) in [4.78, 5) is 4.32. The third-order valence-corrected chi connectivity index (χ3v) is 3.10. The first-order chi connectivity index (χ1) is 8.22. The Morgan fingerprint density at radius 2 is 2.24 bits per heavy atom. The van der Waals surface area contributed by atoms with Crippen molar-refractivity contribution in [2.75, 3.05) is 5.32 Å². The zero-order chi connectivity index (χ0) is 12.3. The minimum Gasteiger partial charge on any atom is -0.376 e. The van der Waals surface area contributed by atoms with Crippen LogP contribution in [0, 0.1) is 6.92 Å². The van der Waals surface area contributed by atoms with E-state index < -0.39 is 0 Å². The van der Waals surface area contributed by atoms with Crippen molar-refractivity contribution in [3.8, 4) is 0 Å². The highest BCUT2D eigenvalue weighted by Gasteiger charge is 2.05. The maximum absolute atomic E-state index is 6.15. The molecule has 90 valence electrons. The van der Waals surface area contributed by atoms with Gasteiger partial charge in [0.2, 0.25) is 0 Å². The Morgan fingerprint density at radius 3 is 2.94 bits per heavy atom. The highest BCUT2D eigenvalue weighted by Crippen LogP contribution is 2.25. The molecule has 17 heavy (non-hydrogen) atoms. The van der Waals surface area contributed by atoms with Crippen LogP contribution < -0.4 is 5.32 Å². The number of rotatable bonds is 4. The number of halogens is 1. The van der Waals surface area contributed by atoms with Crippen LogP contribution in [-0.4, -0.2) is 9.55 Å². The molecule has 0 aliphatic rings. The van der Waals surface area contributed by atoms with Crippen LogP contribution >= 0.6 is 11.6 Å². The van der Waals surface area contributed by atoms with Crippen LogP contribution in [0.2, 0.25) is 5.02 Å². The van der Waals surface area contributed by atoms with E-state index >= 15 is 0 Å². The SMILES string of the molecule is CCn1ccnc1CNc1c(C)cccc1Cl. The highest BCUT2D eigenvalue weighted by atomic mass is 35.5. The number of para-hydroxylation sites is 1. The number of imidazole rings is 1. The van der Waals surface area contributed by atoms with Gasteiger partial charge in [-0.25, -0.2) is 4.98 Å². The second-order valence-electron chi connectivity index (χ2n) is 3.91. The molecule has 0 unspecified atom stereocenters. The maximum Gasteiger partial charge on any atom is 0.128 e. The molecular weight excluding hydrogens is 234 g/mol. The van der Waals surface area contributed by atoms with Gasteiger partial charge < -0.3 is 9.88 Å². The monoisotopic (exact) mass is 249 g/mol. The number of anilines is 1. The molecule has 2 aromatic rings. The number of benzene rings is 1. The van der Waals surface area contributed by atoms with Crippen LogP contribution in [0.1, 0.15) is 18.3 Å². The Hall–Kier alpha value is -1.48. The van der Waals surface area contributed by atoms with Gasteiger partial charge >= 0.3 is 0 Å². The van der Waals surface area contributed by atoms with Crippen molar-refractivity contribution in [2.45, 2.75) is 26.9 Å². The Morgan fingerprint density at radius 1 is 1.41 bits per heavy atom. The van der Waals surface area contributed by atoms with E-state index in [0.717, 1.165) is 28.6 Å². The lowest BCUT2D eigenvalue weighted by molar-refractivity contribution is 0.708. The van der Waals surface area contributed by atoms with Gasteiger partial charge in [-0.1, -0.05) is 23.7 Å². The van der Waals surface area contributed by atoms with Gasteiger partial charge in [-0.2, -0.15) is 0 Å². The van der Waals surface area contributed by atoms with Crippen LogP contribution in [0.5, 0.6) is 0 Å². The lowest BCUT2D eigenvalue weighted by atomic mass is 10.2. The molecule has 0 aliphatic carbocycles. The van der Waals surface area contributed by atoms with Crippen molar-refractivity contribution in [1.29, 1.82) is 0 Å². The van der Waals surface area contributed by atoms with E-state index in [2.05, 4.69) is 21.8 Å². The number of hydrogen-bond acceptors (Lipinski definition) is 2. The van der Waals surface area contributed by atoms with Crippen molar-refractivity contribution in [2.24, 2.45) is 0 Å². The standard InChI is InChI=1S/C13H16ClN3/c1-3-17-8-7-15-12(17)9-16-13-10(2)5-4-6-11(13)14/h4-8,16H,3,9H2,1-2H3. The summed E-state index contributed by atoms with van der Waals surface area (Å²) in [6.07, 6.45) is 3.80. The molecule has 0 atom stereocenters. The molecule has 1 N–H and O–H groups in total. The van der Waals surface area contributed by atoms with E-state index in [1.54, 1.807) is 0 Å². The van der Waals surface area contributed by atoms with Gasteiger partial charge in [0.25, 0.3) is 0 Å². The second kappa shape index (κ2) is 5.23. The quantitative estimate of drug-likeness (QED) is 0.899. The van der Waals surface area contributed by atoms with Crippen LogP contribution in [0.3, 0.4) is 0 Å². The van der Waals surface area contributed by atoms with Gasteiger partial charge in [0.05, 0.1) is 17.3 Å². The second-order valence-corrected chi connectivity index (χ2v) is 4.32. The Kier molecular flexibility index (Phi) is 3.69. The molecule has 0 saturated heterocycles. The zero-order valence-corrected chi connectivity index (χ0v) is 10.8. The van der Waals surface area contributed by atoms with Crippen LogP contribution in [0.4, 0.5) is 5.69 Å². The van der Waals surface area contributed by atoms with Gasteiger partial charge in [0.1, 0.15) is 5.82 Å². The van der Waals surface area contributed by atoms with Gasteiger partial charge in [-0.3, -0.25) is 0 Å². The third kappa shape index (κ3) is 2.61. The molecule has 0 radical (unpaired) electrons. The van der Waals surface area contributed by atoms with E-state index in [1.807, 2.05) is 37.5 Å². The summed E-state index contributed by atoms with van der Waals surface area (Å²) >= 11 is 6.15. The van der Waals surface area contributed by atoms with Crippen molar-refractivity contribution in [3.63, 3.8) is 0 Å². The number of aromatic nitrogens is 2. The van der Waals surface area contributed by atoms with Gasteiger partial charge in [0, 0.05) is 18.9 Å². The first-order valence-electron chi connectivity index (χ1n) is 5.71. The van der Waals surface area contributed by atoms with Crippen molar-refractivity contribution >= 4 is 17.3 Å². The molecule has 4 heteroatoms. The normalized spacial score (nSPS) is 10.5. The molecule has 0 bridgehead atoms. The first kappa shape index (κ1) is 12.0. The third-order valence-electron chi connectivity index (χ3n) is 2.79. The zero-order valence-electron chi connectivity index (χ0n) is 10.1.